The van der Waals surface area contributed by atoms with Gasteiger partial charge in [-0.2, -0.15) is 5.90 Å². The number of hydrogen-bond acceptors (Lipinski definition) is 6. The quantitative estimate of drug-likeness (QED) is 0.447. The van der Waals surface area contributed by atoms with Gasteiger partial charge in [0.15, 0.2) is 0 Å². The Bertz CT molecular complexity index is 334. The Morgan fingerprint density at radius 2 is 2.19 bits per heavy atom. The van der Waals surface area contributed by atoms with Gasteiger partial charge < -0.3 is 10.5 Å². The van der Waals surface area contributed by atoms with Crippen LogP contribution < -0.4 is 16.4 Å². The molecule has 1 aromatic rings. The zero-order chi connectivity index (χ0) is 12.0. The van der Waals surface area contributed by atoms with Gasteiger partial charge in [0.1, 0.15) is 5.75 Å². The van der Waals surface area contributed by atoms with Gasteiger partial charge in [-0.25, -0.2) is 0 Å². The van der Waals surface area contributed by atoms with Crippen molar-refractivity contribution in [2.45, 2.75) is 24.3 Å². The van der Waals surface area contributed by atoms with Crippen LogP contribution in [-0.2, 0) is 15.7 Å². The van der Waals surface area contributed by atoms with Crippen LogP contribution in [-0.4, -0.2) is 13.2 Å². The average Bonchev–Trinajstić information content (AvgIpc) is 2.25. The third kappa shape index (κ3) is 3.99. The standard InChI is InChI=1S/C10H16N2O3S/c1-7(11)5-8-3-4-9(13-2)10(6-8)16-15-14-12/h3-4,6-7H,5,11-12H2,1-2H3. The third-order valence-corrected chi connectivity index (χ3v) is 2.59. The van der Waals surface area contributed by atoms with Gasteiger partial charge in [0.25, 0.3) is 0 Å². The molecule has 0 saturated carbocycles. The van der Waals surface area contributed by atoms with E-state index in [1.165, 1.54) is 0 Å². The molecular weight excluding hydrogens is 228 g/mol. The highest BCUT2D eigenvalue weighted by molar-refractivity contribution is 7.94. The largest absolute Gasteiger partial charge is 0.495 e. The SMILES string of the molecule is COc1ccc(CC(C)N)cc1SOON. The Labute approximate surface area is 99.1 Å². The second kappa shape index (κ2) is 6.72. The average molecular weight is 244 g/mol. The van der Waals surface area contributed by atoms with Crippen LogP contribution >= 0.6 is 12.0 Å². The third-order valence-electron chi connectivity index (χ3n) is 1.95. The molecule has 0 aromatic heterocycles. The van der Waals surface area contributed by atoms with Crippen LogP contribution in [0.2, 0.25) is 0 Å². The second-order valence-electron chi connectivity index (χ2n) is 3.41. The van der Waals surface area contributed by atoms with Crippen molar-refractivity contribution in [2.24, 2.45) is 11.6 Å². The summed E-state index contributed by atoms with van der Waals surface area (Å²) in [5, 5.41) is 0. The predicted molar refractivity (Wildman–Crippen MR) is 62.6 cm³/mol. The fraction of sp³-hybridized carbons (Fsp3) is 0.400. The Balaban J connectivity index is 2.83. The van der Waals surface area contributed by atoms with Crippen LogP contribution in [0.15, 0.2) is 23.1 Å². The van der Waals surface area contributed by atoms with E-state index in [4.69, 9.17) is 16.4 Å². The van der Waals surface area contributed by atoms with Crippen molar-refractivity contribution in [2.75, 3.05) is 7.11 Å². The lowest BCUT2D eigenvalue weighted by Crippen LogP contribution is -2.17. The van der Waals surface area contributed by atoms with E-state index in [0.717, 1.165) is 28.9 Å². The van der Waals surface area contributed by atoms with E-state index < -0.39 is 0 Å². The molecule has 0 aliphatic heterocycles. The van der Waals surface area contributed by atoms with Crippen molar-refractivity contribution < 1.29 is 14.1 Å². The summed E-state index contributed by atoms with van der Waals surface area (Å²) in [5.41, 5.74) is 6.84. The first-order valence-corrected chi connectivity index (χ1v) is 5.54. The molecule has 0 aliphatic carbocycles. The highest BCUT2D eigenvalue weighted by atomic mass is 32.2. The molecule has 16 heavy (non-hydrogen) atoms. The normalized spacial score (nSPS) is 12.5. The Morgan fingerprint density at radius 1 is 1.44 bits per heavy atom. The molecule has 0 spiro atoms. The van der Waals surface area contributed by atoms with Crippen LogP contribution in [0.3, 0.4) is 0 Å². The number of rotatable bonds is 6. The van der Waals surface area contributed by atoms with Crippen molar-refractivity contribution in [3.63, 3.8) is 0 Å². The highest BCUT2D eigenvalue weighted by Gasteiger charge is 2.07. The molecule has 1 atom stereocenters. The Morgan fingerprint density at radius 3 is 2.75 bits per heavy atom. The molecular formula is C10H16N2O3S. The molecule has 0 saturated heterocycles. The fourth-order valence-corrected chi connectivity index (χ4v) is 1.89. The van der Waals surface area contributed by atoms with Crippen molar-refractivity contribution in [3.05, 3.63) is 23.8 Å². The minimum atomic E-state index is 0.109. The summed E-state index contributed by atoms with van der Waals surface area (Å²) in [6.45, 7) is 1.95. The van der Waals surface area contributed by atoms with Gasteiger partial charge in [-0.05, 0) is 31.0 Å². The van der Waals surface area contributed by atoms with Gasteiger partial charge in [-0.1, -0.05) is 6.07 Å². The maximum atomic E-state index is 5.73. The first-order valence-electron chi connectivity index (χ1n) is 4.80. The molecule has 90 valence electrons. The molecule has 6 heteroatoms. The summed E-state index contributed by atoms with van der Waals surface area (Å²) in [5.74, 6) is 5.49. The van der Waals surface area contributed by atoms with Crippen molar-refractivity contribution in [1.82, 2.24) is 0 Å². The Hall–Kier alpha value is -0.790. The summed E-state index contributed by atoms with van der Waals surface area (Å²) in [6, 6.07) is 5.87. The van der Waals surface area contributed by atoms with Gasteiger partial charge in [0.05, 0.1) is 24.0 Å². The minimum absolute atomic E-state index is 0.109. The van der Waals surface area contributed by atoms with Crippen LogP contribution in [0.4, 0.5) is 0 Å². The molecule has 0 aliphatic rings. The van der Waals surface area contributed by atoms with Gasteiger partial charge in [-0.3, -0.25) is 0 Å². The molecule has 0 amide bonds. The summed E-state index contributed by atoms with van der Waals surface area (Å²) < 4.78 is 9.78. The fourth-order valence-electron chi connectivity index (χ4n) is 1.34. The second-order valence-corrected chi connectivity index (χ2v) is 4.16. The number of nitrogens with two attached hydrogens (primary N) is 2. The van der Waals surface area contributed by atoms with E-state index in [0.29, 0.717) is 5.75 Å². The topological polar surface area (TPSA) is 79.7 Å². The van der Waals surface area contributed by atoms with Gasteiger partial charge in [0.2, 0.25) is 0 Å². The first-order chi connectivity index (χ1) is 7.67. The maximum Gasteiger partial charge on any atom is 0.134 e. The number of ether oxygens (including phenoxy) is 1. The maximum absolute atomic E-state index is 5.73. The minimum Gasteiger partial charge on any atom is -0.495 e. The smallest absolute Gasteiger partial charge is 0.134 e. The van der Waals surface area contributed by atoms with E-state index in [1.54, 1.807) is 7.11 Å². The highest BCUT2D eigenvalue weighted by Crippen LogP contribution is 2.30. The number of hydrogen-bond donors (Lipinski definition) is 2. The molecule has 0 fully saturated rings. The van der Waals surface area contributed by atoms with Crippen LogP contribution in [0.5, 0.6) is 5.75 Å². The van der Waals surface area contributed by atoms with E-state index in [2.05, 4.69) is 9.32 Å². The lowest BCUT2D eigenvalue weighted by Gasteiger charge is -2.10. The molecule has 0 bridgehead atoms. The molecule has 1 rings (SSSR count). The summed E-state index contributed by atoms with van der Waals surface area (Å²) in [7, 11) is 1.59. The van der Waals surface area contributed by atoms with Crippen molar-refractivity contribution in [1.29, 1.82) is 0 Å². The zero-order valence-electron chi connectivity index (χ0n) is 9.30. The van der Waals surface area contributed by atoms with E-state index in [-0.39, 0.29) is 6.04 Å². The van der Waals surface area contributed by atoms with Gasteiger partial charge in [0, 0.05) is 6.04 Å². The van der Waals surface area contributed by atoms with Gasteiger partial charge in [-0.15, -0.1) is 9.32 Å². The van der Waals surface area contributed by atoms with E-state index in [9.17, 15) is 0 Å². The molecule has 5 nitrogen and oxygen atoms in total. The number of benzene rings is 1. The van der Waals surface area contributed by atoms with Crippen molar-refractivity contribution >= 4 is 12.0 Å². The molecule has 1 unspecified atom stereocenters. The lowest BCUT2D eigenvalue weighted by molar-refractivity contribution is -0.195. The summed E-state index contributed by atoms with van der Waals surface area (Å²) in [6.07, 6.45) is 0.793. The monoisotopic (exact) mass is 244 g/mol. The molecule has 4 N–H and O–H groups in total. The summed E-state index contributed by atoms with van der Waals surface area (Å²) in [4.78, 5) is 4.85. The zero-order valence-corrected chi connectivity index (χ0v) is 10.1. The first kappa shape index (κ1) is 13.3. The summed E-state index contributed by atoms with van der Waals surface area (Å²) >= 11 is 1.000. The van der Waals surface area contributed by atoms with Crippen LogP contribution in [0, 0.1) is 0 Å². The Kier molecular flexibility index (Phi) is 5.58. The molecule has 0 heterocycles. The van der Waals surface area contributed by atoms with Crippen LogP contribution in [0.25, 0.3) is 0 Å². The van der Waals surface area contributed by atoms with E-state index >= 15 is 0 Å². The van der Waals surface area contributed by atoms with Gasteiger partial charge >= 0.3 is 0 Å². The van der Waals surface area contributed by atoms with Crippen LogP contribution in [0.1, 0.15) is 12.5 Å². The molecule has 1 aromatic carbocycles. The van der Waals surface area contributed by atoms with Crippen molar-refractivity contribution in [3.8, 4) is 5.75 Å². The van der Waals surface area contributed by atoms with E-state index in [1.807, 2.05) is 25.1 Å². The lowest BCUT2D eigenvalue weighted by atomic mass is 10.1. The molecule has 0 radical (unpaired) electrons. The number of methoxy groups -OCH3 is 1. The predicted octanol–water partition coefficient (Wildman–Crippen LogP) is 1.41.